The zero-order valence-electron chi connectivity index (χ0n) is 12.5. The van der Waals surface area contributed by atoms with Crippen molar-refractivity contribution in [3.8, 4) is 5.75 Å². The van der Waals surface area contributed by atoms with Crippen LogP contribution in [0.3, 0.4) is 0 Å². The number of nitrogens with zero attached hydrogens (tertiary/aromatic N) is 1. The third-order valence-corrected chi connectivity index (χ3v) is 3.26. The molecule has 3 nitrogen and oxygen atoms in total. The molecule has 1 aromatic heterocycles. The molecule has 112 valence electrons. The number of carbonyl (C=O) groups excluding carboxylic acids is 1. The van der Waals surface area contributed by atoms with Gasteiger partial charge < -0.3 is 4.74 Å². The Balaban J connectivity index is 1.73. The summed E-state index contributed by atoms with van der Waals surface area (Å²) in [5.41, 5.74) is 1.49. The monoisotopic (exact) mass is 302 g/mol. The van der Waals surface area contributed by atoms with Gasteiger partial charge in [-0.3, -0.25) is 0 Å². The molecule has 0 amide bonds. The Morgan fingerprint density at radius 1 is 0.870 bits per heavy atom. The van der Waals surface area contributed by atoms with Gasteiger partial charge in [0.05, 0.1) is 5.56 Å². The van der Waals surface area contributed by atoms with Crippen molar-refractivity contribution < 1.29 is 14.1 Å². The molecule has 23 heavy (non-hydrogen) atoms. The highest BCUT2D eigenvalue weighted by Crippen LogP contribution is 2.16. The number of pyridine rings is 1. The molecule has 0 aliphatic heterocycles. The highest BCUT2D eigenvalue weighted by Gasteiger charge is 2.07. The number of hydrogen-bond acceptors (Lipinski definition) is 2. The molecule has 0 fully saturated rings. The lowest BCUT2D eigenvalue weighted by atomic mass is 10.2. The van der Waals surface area contributed by atoms with Gasteiger partial charge in [0.25, 0.3) is 0 Å². The molecule has 0 saturated carbocycles. The molecule has 3 aromatic rings. The van der Waals surface area contributed by atoms with Gasteiger partial charge in [-0.1, -0.05) is 36.4 Å². The number of carbonyl (C=O) groups is 1. The first-order valence-corrected chi connectivity index (χ1v) is 7.32. The van der Waals surface area contributed by atoms with Crippen LogP contribution in [0.25, 0.3) is 12.3 Å². The molecule has 0 aliphatic carbocycles. The lowest BCUT2D eigenvalue weighted by Crippen LogP contribution is -2.23. The number of benzene rings is 2. The molecule has 2 aromatic carbocycles. The van der Waals surface area contributed by atoms with Gasteiger partial charge in [0.2, 0.25) is 0 Å². The van der Waals surface area contributed by atoms with Crippen LogP contribution in [0.1, 0.15) is 15.9 Å². The molecule has 1 heterocycles. The predicted molar refractivity (Wildman–Crippen MR) is 89.7 cm³/mol. The van der Waals surface area contributed by atoms with Crippen molar-refractivity contribution in [1.82, 2.24) is 0 Å². The summed E-state index contributed by atoms with van der Waals surface area (Å²) in [5.74, 6) is 0.170. The molecule has 0 atom stereocenters. The molecule has 3 heteroatoms. The van der Waals surface area contributed by atoms with Gasteiger partial charge in [-0.2, -0.15) is 4.57 Å². The Morgan fingerprint density at radius 2 is 1.61 bits per heavy atom. The van der Waals surface area contributed by atoms with Gasteiger partial charge in [0.1, 0.15) is 5.75 Å². The minimum Gasteiger partial charge on any atom is -0.423 e. The quantitative estimate of drug-likeness (QED) is 0.416. The van der Waals surface area contributed by atoms with Crippen molar-refractivity contribution in [3.63, 3.8) is 0 Å². The average Bonchev–Trinajstić information content (AvgIpc) is 2.62. The van der Waals surface area contributed by atoms with E-state index in [-0.39, 0.29) is 5.97 Å². The van der Waals surface area contributed by atoms with Crippen molar-refractivity contribution >= 4 is 18.2 Å². The van der Waals surface area contributed by atoms with E-state index in [1.54, 1.807) is 18.2 Å². The average molecular weight is 302 g/mol. The van der Waals surface area contributed by atoms with Gasteiger partial charge in [-0.05, 0) is 29.8 Å². The zero-order valence-corrected chi connectivity index (χ0v) is 12.5. The Hall–Kier alpha value is -3.20. The van der Waals surface area contributed by atoms with Gasteiger partial charge in [-0.25, -0.2) is 4.79 Å². The van der Waals surface area contributed by atoms with E-state index in [1.165, 1.54) is 0 Å². The Kier molecular flexibility index (Phi) is 4.60. The molecular formula is C20H16NO2+. The normalized spacial score (nSPS) is 10.6. The van der Waals surface area contributed by atoms with E-state index < -0.39 is 0 Å². The second-order valence-corrected chi connectivity index (χ2v) is 4.97. The summed E-state index contributed by atoms with van der Waals surface area (Å²) in [6, 6.07) is 22.3. The molecule has 0 saturated heterocycles. The minimum absolute atomic E-state index is 0.357. The van der Waals surface area contributed by atoms with Crippen LogP contribution in [-0.4, -0.2) is 5.97 Å². The van der Waals surface area contributed by atoms with Crippen molar-refractivity contribution in [2.24, 2.45) is 0 Å². The van der Waals surface area contributed by atoms with E-state index in [1.807, 2.05) is 83.8 Å². The van der Waals surface area contributed by atoms with Crippen molar-refractivity contribution in [2.75, 3.05) is 0 Å². The summed E-state index contributed by atoms with van der Waals surface area (Å²) in [6.45, 7) is 0. The van der Waals surface area contributed by atoms with Gasteiger partial charge in [-0.15, -0.1) is 0 Å². The van der Waals surface area contributed by atoms with Crippen LogP contribution in [0.4, 0.5) is 0 Å². The Morgan fingerprint density at radius 3 is 2.39 bits per heavy atom. The highest BCUT2D eigenvalue weighted by molar-refractivity contribution is 5.91. The standard InChI is InChI=1S/C20H16NO2/c22-20(18-9-3-1-4-10-18)23-19-11-7-8-17(16-19)12-15-21-13-5-2-6-14-21/h1-16H/q+1. The zero-order chi connectivity index (χ0) is 15.9. The lowest BCUT2D eigenvalue weighted by molar-refractivity contribution is -0.567. The fourth-order valence-corrected chi connectivity index (χ4v) is 2.11. The van der Waals surface area contributed by atoms with Crippen LogP contribution in [0, 0.1) is 0 Å². The molecule has 0 radical (unpaired) electrons. The third-order valence-electron chi connectivity index (χ3n) is 3.26. The largest absolute Gasteiger partial charge is 0.423 e. The molecule has 0 N–H and O–H groups in total. The summed E-state index contributed by atoms with van der Waals surface area (Å²) in [6.07, 6.45) is 7.81. The molecule has 3 rings (SSSR count). The lowest BCUT2D eigenvalue weighted by Gasteiger charge is -2.04. The Labute approximate surface area is 135 Å². The summed E-state index contributed by atoms with van der Waals surface area (Å²) >= 11 is 0. The van der Waals surface area contributed by atoms with Gasteiger partial charge >= 0.3 is 5.97 Å². The summed E-state index contributed by atoms with van der Waals surface area (Å²) in [4.78, 5) is 12.1. The maximum atomic E-state index is 12.1. The summed E-state index contributed by atoms with van der Waals surface area (Å²) in [7, 11) is 0. The van der Waals surface area contributed by atoms with Crippen molar-refractivity contribution in [2.45, 2.75) is 0 Å². The van der Waals surface area contributed by atoms with E-state index in [2.05, 4.69) is 0 Å². The van der Waals surface area contributed by atoms with Gasteiger partial charge in [0, 0.05) is 18.2 Å². The first-order valence-electron chi connectivity index (χ1n) is 7.32. The molecule has 0 aliphatic rings. The summed E-state index contributed by atoms with van der Waals surface area (Å²) < 4.78 is 7.36. The van der Waals surface area contributed by atoms with E-state index >= 15 is 0 Å². The van der Waals surface area contributed by atoms with E-state index in [4.69, 9.17) is 4.74 Å². The second kappa shape index (κ2) is 7.18. The minimum atomic E-state index is -0.357. The topological polar surface area (TPSA) is 30.2 Å². The first-order chi connectivity index (χ1) is 11.3. The van der Waals surface area contributed by atoms with E-state index in [9.17, 15) is 4.79 Å². The van der Waals surface area contributed by atoms with Crippen LogP contribution in [-0.2, 0) is 0 Å². The van der Waals surface area contributed by atoms with Crippen LogP contribution >= 0.6 is 0 Å². The maximum absolute atomic E-state index is 12.1. The maximum Gasteiger partial charge on any atom is 0.343 e. The second-order valence-electron chi connectivity index (χ2n) is 4.97. The number of aromatic nitrogens is 1. The Bertz CT molecular complexity index is 811. The number of esters is 1. The highest BCUT2D eigenvalue weighted by atomic mass is 16.5. The van der Waals surface area contributed by atoms with Crippen LogP contribution in [0.2, 0.25) is 0 Å². The SMILES string of the molecule is O=C(Oc1cccc(C=C[n+]2ccccc2)c1)c1ccccc1. The molecular weight excluding hydrogens is 286 g/mol. The number of rotatable bonds is 4. The van der Waals surface area contributed by atoms with Crippen LogP contribution in [0.15, 0.2) is 85.2 Å². The summed E-state index contributed by atoms with van der Waals surface area (Å²) in [5, 5.41) is 0. The molecule has 0 bridgehead atoms. The van der Waals surface area contributed by atoms with E-state index in [0.717, 1.165) is 5.56 Å². The number of ether oxygens (including phenoxy) is 1. The molecule has 0 spiro atoms. The fraction of sp³-hybridized carbons (Fsp3) is 0. The van der Waals surface area contributed by atoms with E-state index in [0.29, 0.717) is 11.3 Å². The van der Waals surface area contributed by atoms with Gasteiger partial charge in [0.15, 0.2) is 18.6 Å². The fourth-order valence-electron chi connectivity index (χ4n) is 2.11. The smallest absolute Gasteiger partial charge is 0.343 e. The predicted octanol–water partition coefficient (Wildman–Crippen LogP) is 3.82. The third kappa shape index (κ3) is 4.14. The number of hydrogen-bond donors (Lipinski definition) is 0. The first kappa shape index (κ1) is 14.7. The van der Waals surface area contributed by atoms with Crippen molar-refractivity contribution in [1.29, 1.82) is 0 Å². The molecule has 0 unspecified atom stereocenters. The van der Waals surface area contributed by atoms with Crippen molar-refractivity contribution in [3.05, 3.63) is 96.3 Å². The van der Waals surface area contributed by atoms with Crippen LogP contribution in [0.5, 0.6) is 5.75 Å². The van der Waals surface area contributed by atoms with Crippen LogP contribution < -0.4 is 9.30 Å².